The third kappa shape index (κ3) is 5.81. The number of alkyl halides is 3. The zero-order valence-corrected chi connectivity index (χ0v) is 14.7. The minimum atomic E-state index is -5.06. The summed E-state index contributed by atoms with van der Waals surface area (Å²) in [6, 6.07) is 9.45. The van der Waals surface area contributed by atoms with Crippen molar-refractivity contribution >= 4 is 31.4 Å². The maximum absolute atomic E-state index is 12.4. The molecule has 0 heterocycles. The monoisotopic (exact) mass is 410 g/mol. The fourth-order valence-corrected chi connectivity index (χ4v) is 3.69. The highest BCUT2D eigenvalue weighted by molar-refractivity contribution is 7.93. The third-order valence-electron chi connectivity index (χ3n) is 2.78. The fraction of sp³-hybridized carbons (Fsp3) is 0.143. The molecule has 12 heteroatoms. The molecule has 2 aromatic carbocycles. The molecule has 0 aromatic heterocycles. The molecule has 0 atom stereocenters. The van der Waals surface area contributed by atoms with Crippen molar-refractivity contribution in [3.05, 3.63) is 48.5 Å². The van der Waals surface area contributed by atoms with Crippen molar-refractivity contribution in [2.24, 2.45) is 0 Å². The second-order valence-corrected chi connectivity index (χ2v) is 8.45. The lowest BCUT2D eigenvalue weighted by molar-refractivity contribution is -0.275. The molecule has 0 radical (unpaired) electrons. The second-order valence-electron chi connectivity index (χ2n) is 5.06. The van der Waals surface area contributed by atoms with Crippen LogP contribution in [0.2, 0.25) is 0 Å². The quantitative estimate of drug-likeness (QED) is 0.763. The van der Waals surface area contributed by atoms with Crippen LogP contribution in [-0.2, 0) is 20.0 Å². The normalized spacial score (nSPS) is 12.5. The van der Waals surface area contributed by atoms with Gasteiger partial charge in [0, 0.05) is 0 Å². The molecule has 0 bridgehead atoms. The second kappa shape index (κ2) is 7.03. The van der Waals surface area contributed by atoms with Gasteiger partial charge in [-0.15, -0.1) is 13.2 Å². The van der Waals surface area contributed by atoms with Crippen LogP contribution in [0.1, 0.15) is 0 Å². The Morgan fingerprint density at radius 1 is 0.885 bits per heavy atom. The Morgan fingerprint density at radius 3 is 2.04 bits per heavy atom. The number of halogens is 3. The van der Waals surface area contributed by atoms with Gasteiger partial charge in [-0.1, -0.05) is 18.2 Å². The molecule has 142 valence electrons. The van der Waals surface area contributed by atoms with Crippen molar-refractivity contribution in [2.75, 3.05) is 15.7 Å². The van der Waals surface area contributed by atoms with Crippen LogP contribution < -0.4 is 14.2 Å². The van der Waals surface area contributed by atoms with E-state index in [4.69, 9.17) is 0 Å². The highest BCUT2D eigenvalue weighted by atomic mass is 32.2. The van der Waals surface area contributed by atoms with Crippen molar-refractivity contribution < 1.29 is 34.7 Å². The molecule has 0 spiro atoms. The number of hydrogen-bond acceptors (Lipinski definition) is 5. The van der Waals surface area contributed by atoms with E-state index in [-0.39, 0.29) is 11.4 Å². The molecule has 2 rings (SSSR count). The predicted molar refractivity (Wildman–Crippen MR) is 88.8 cm³/mol. The number of hydrogen-bond donors (Lipinski definition) is 2. The molecular weight excluding hydrogens is 397 g/mol. The van der Waals surface area contributed by atoms with Crippen molar-refractivity contribution in [1.29, 1.82) is 0 Å². The Balaban J connectivity index is 2.34. The van der Waals surface area contributed by atoms with E-state index in [2.05, 4.69) is 14.2 Å². The van der Waals surface area contributed by atoms with Crippen molar-refractivity contribution in [2.45, 2.75) is 11.3 Å². The van der Waals surface area contributed by atoms with E-state index in [9.17, 15) is 30.0 Å². The van der Waals surface area contributed by atoms with E-state index in [1.165, 1.54) is 36.4 Å². The number of ether oxygens (including phenoxy) is 1. The van der Waals surface area contributed by atoms with E-state index in [0.717, 1.165) is 18.4 Å². The Hall–Kier alpha value is -2.47. The number of sulfonamides is 2. The first kappa shape index (κ1) is 19.8. The summed E-state index contributed by atoms with van der Waals surface area (Å²) >= 11 is 0. The number of anilines is 2. The molecule has 2 aromatic rings. The summed E-state index contributed by atoms with van der Waals surface area (Å²) in [4.78, 5) is -0.723. The van der Waals surface area contributed by atoms with Crippen LogP contribution >= 0.6 is 0 Å². The van der Waals surface area contributed by atoms with Crippen LogP contribution in [0.4, 0.5) is 24.5 Å². The van der Waals surface area contributed by atoms with Gasteiger partial charge in [0.1, 0.15) is 10.6 Å². The highest BCUT2D eigenvalue weighted by Crippen LogP contribution is 2.30. The molecule has 7 nitrogen and oxygen atoms in total. The standard InChI is InChI=1S/C14H13F3N2O5S2/c1-25(20,21)18-10-5-4-6-11(9-10)19-26(22,23)13-8-3-2-7-12(13)24-14(15,16)17/h2-9,18-19H,1H3. The van der Waals surface area contributed by atoms with E-state index >= 15 is 0 Å². The SMILES string of the molecule is CS(=O)(=O)Nc1cccc(NS(=O)(=O)c2ccccc2OC(F)(F)F)c1. The van der Waals surface area contributed by atoms with Gasteiger partial charge in [0.15, 0.2) is 0 Å². The number of nitrogens with one attached hydrogen (secondary N) is 2. The van der Waals surface area contributed by atoms with E-state index < -0.39 is 37.1 Å². The summed E-state index contributed by atoms with van der Waals surface area (Å²) in [5, 5.41) is 0. The first-order chi connectivity index (χ1) is 11.9. The van der Waals surface area contributed by atoms with E-state index in [1.54, 1.807) is 0 Å². The first-order valence-corrected chi connectivity index (χ1v) is 10.2. The predicted octanol–water partition coefficient (Wildman–Crippen LogP) is 2.76. The van der Waals surface area contributed by atoms with Gasteiger partial charge in [0.25, 0.3) is 10.0 Å². The average Bonchev–Trinajstić information content (AvgIpc) is 2.43. The summed E-state index contributed by atoms with van der Waals surface area (Å²) in [7, 11) is -8.02. The Morgan fingerprint density at radius 2 is 1.46 bits per heavy atom. The molecule has 0 fully saturated rings. The average molecular weight is 410 g/mol. The minimum Gasteiger partial charge on any atom is -0.404 e. The lowest BCUT2D eigenvalue weighted by Crippen LogP contribution is -2.21. The Bertz CT molecular complexity index is 1010. The molecule has 0 unspecified atom stereocenters. The van der Waals surface area contributed by atoms with Crippen molar-refractivity contribution in [3.8, 4) is 5.75 Å². The van der Waals surface area contributed by atoms with Gasteiger partial charge >= 0.3 is 6.36 Å². The molecule has 0 saturated heterocycles. The van der Waals surface area contributed by atoms with Gasteiger partial charge in [-0.25, -0.2) is 16.8 Å². The molecule has 0 amide bonds. The maximum Gasteiger partial charge on any atom is 0.573 e. The molecule has 0 aliphatic rings. The highest BCUT2D eigenvalue weighted by Gasteiger charge is 2.34. The molecule has 26 heavy (non-hydrogen) atoms. The number of benzene rings is 2. The number of rotatable bonds is 6. The summed E-state index contributed by atoms with van der Waals surface area (Å²) in [6.45, 7) is 0. The molecule has 0 aliphatic carbocycles. The zero-order valence-electron chi connectivity index (χ0n) is 13.1. The number of para-hydroxylation sites is 1. The van der Waals surface area contributed by atoms with E-state index in [1.807, 2.05) is 0 Å². The summed E-state index contributed by atoms with van der Waals surface area (Å²) < 4.78 is 92.6. The largest absolute Gasteiger partial charge is 0.573 e. The van der Waals surface area contributed by atoms with Crippen LogP contribution in [0, 0.1) is 0 Å². The van der Waals surface area contributed by atoms with Crippen LogP contribution in [-0.4, -0.2) is 29.5 Å². The molecule has 0 aliphatic heterocycles. The minimum absolute atomic E-state index is 0.0551. The summed E-state index contributed by atoms with van der Waals surface area (Å²) in [6.07, 6.45) is -4.15. The summed E-state index contributed by atoms with van der Waals surface area (Å²) in [5.74, 6) is -0.891. The lowest BCUT2D eigenvalue weighted by Gasteiger charge is -2.14. The summed E-state index contributed by atoms with van der Waals surface area (Å²) in [5.41, 5.74) is 0.0213. The molecule has 0 saturated carbocycles. The van der Waals surface area contributed by atoms with Crippen LogP contribution in [0.5, 0.6) is 5.75 Å². The maximum atomic E-state index is 12.4. The van der Waals surface area contributed by atoms with Gasteiger partial charge < -0.3 is 4.74 Å². The third-order valence-corrected chi connectivity index (χ3v) is 4.81. The van der Waals surface area contributed by atoms with E-state index in [0.29, 0.717) is 0 Å². The van der Waals surface area contributed by atoms with Gasteiger partial charge in [0.2, 0.25) is 10.0 Å². The fourth-order valence-electron chi connectivity index (χ4n) is 1.95. The lowest BCUT2D eigenvalue weighted by atomic mass is 10.3. The van der Waals surface area contributed by atoms with Gasteiger partial charge in [-0.05, 0) is 30.3 Å². The molecule has 2 N–H and O–H groups in total. The zero-order chi connectivity index (χ0) is 19.6. The van der Waals surface area contributed by atoms with Gasteiger partial charge in [-0.2, -0.15) is 0 Å². The Labute approximate surface area is 147 Å². The smallest absolute Gasteiger partial charge is 0.404 e. The van der Waals surface area contributed by atoms with Crippen molar-refractivity contribution in [1.82, 2.24) is 0 Å². The van der Waals surface area contributed by atoms with Crippen LogP contribution in [0.25, 0.3) is 0 Å². The molecular formula is C14H13F3N2O5S2. The first-order valence-electron chi connectivity index (χ1n) is 6.81. The Kier molecular flexibility index (Phi) is 5.37. The van der Waals surface area contributed by atoms with Gasteiger partial charge in [0.05, 0.1) is 17.6 Å². The topological polar surface area (TPSA) is 102 Å². The van der Waals surface area contributed by atoms with Crippen LogP contribution in [0.3, 0.4) is 0 Å². The van der Waals surface area contributed by atoms with Gasteiger partial charge in [-0.3, -0.25) is 9.44 Å². The van der Waals surface area contributed by atoms with Crippen LogP contribution in [0.15, 0.2) is 53.4 Å². The van der Waals surface area contributed by atoms with Crippen molar-refractivity contribution in [3.63, 3.8) is 0 Å².